The van der Waals surface area contributed by atoms with Crippen molar-refractivity contribution in [2.45, 2.75) is 44.9 Å². The Kier molecular flexibility index (Phi) is 4.22. The summed E-state index contributed by atoms with van der Waals surface area (Å²) in [5, 5.41) is 8.26. The van der Waals surface area contributed by atoms with Crippen LogP contribution in [0.3, 0.4) is 0 Å². The molecule has 1 aliphatic carbocycles. The summed E-state index contributed by atoms with van der Waals surface area (Å²) in [6, 6.07) is 0. The van der Waals surface area contributed by atoms with Crippen molar-refractivity contribution < 1.29 is 0 Å². The van der Waals surface area contributed by atoms with Gasteiger partial charge in [0.1, 0.15) is 5.82 Å². The van der Waals surface area contributed by atoms with Crippen LogP contribution in [0.5, 0.6) is 0 Å². The molecule has 6 heteroatoms. The molecular weight excluding hydrogens is 264 g/mol. The van der Waals surface area contributed by atoms with Gasteiger partial charge in [-0.2, -0.15) is 15.1 Å². The molecule has 2 aromatic heterocycles. The highest BCUT2D eigenvalue weighted by Crippen LogP contribution is 2.27. The van der Waals surface area contributed by atoms with Crippen molar-refractivity contribution in [1.82, 2.24) is 19.7 Å². The maximum Gasteiger partial charge on any atom is 0.226 e. The van der Waals surface area contributed by atoms with E-state index < -0.39 is 0 Å². The number of hydrogen-bond donors (Lipinski definition) is 2. The molecule has 0 aromatic carbocycles. The van der Waals surface area contributed by atoms with Gasteiger partial charge in [-0.1, -0.05) is 32.1 Å². The van der Waals surface area contributed by atoms with E-state index in [1.54, 1.807) is 10.9 Å². The molecule has 0 atom stereocenters. The minimum atomic E-state index is 0.489. The Morgan fingerprint density at radius 1 is 1.29 bits per heavy atom. The number of fused-ring (bicyclic) bond motifs is 1. The molecule has 0 bridgehead atoms. The molecule has 0 unspecified atom stereocenters. The van der Waals surface area contributed by atoms with E-state index in [4.69, 9.17) is 5.73 Å². The van der Waals surface area contributed by atoms with Gasteiger partial charge in [-0.05, 0) is 18.8 Å². The second-order valence-corrected chi connectivity index (χ2v) is 6.01. The van der Waals surface area contributed by atoms with E-state index in [1.807, 2.05) is 7.05 Å². The second kappa shape index (κ2) is 6.28. The van der Waals surface area contributed by atoms with Crippen molar-refractivity contribution in [3.8, 4) is 0 Å². The van der Waals surface area contributed by atoms with E-state index in [2.05, 4.69) is 20.4 Å². The van der Waals surface area contributed by atoms with Crippen LogP contribution in [0.25, 0.3) is 11.0 Å². The maximum absolute atomic E-state index is 5.95. The third kappa shape index (κ3) is 3.25. The molecule has 0 radical (unpaired) electrons. The van der Waals surface area contributed by atoms with Crippen molar-refractivity contribution in [3.63, 3.8) is 0 Å². The van der Waals surface area contributed by atoms with Crippen LogP contribution in [0.15, 0.2) is 6.20 Å². The number of nitrogen functional groups attached to an aromatic ring is 1. The van der Waals surface area contributed by atoms with Gasteiger partial charge in [0, 0.05) is 13.6 Å². The number of hydrogen-bond acceptors (Lipinski definition) is 5. The van der Waals surface area contributed by atoms with Gasteiger partial charge < -0.3 is 11.1 Å². The SMILES string of the molecule is Cn1ncc2c(N)nc(NCCCC3CCCCC3)nc21. The average molecular weight is 288 g/mol. The minimum Gasteiger partial charge on any atom is -0.383 e. The van der Waals surface area contributed by atoms with Gasteiger partial charge in [-0.25, -0.2) is 0 Å². The zero-order valence-electron chi connectivity index (χ0n) is 12.7. The quantitative estimate of drug-likeness (QED) is 0.827. The normalized spacial score (nSPS) is 16.4. The van der Waals surface area contributed by atoms with Crippen LogP contribution in [0.4, 0.5) is 11.8 Å². The fraction of sp³-hybridized carbons (Fsp3) is 0.667. The lowest BCUT2D eigenvalue weighted by atomic mass is 9.86. The lowest BCUT2D eigenvalue weighted by molar-refractivity contribution is 0.335. The molecule has 3 N–H and O–H groups in total. The largest absolute Gasteiger partial charge is 0.383 e. The monoisotopic (exact) mass is 288 g/mol. The number of nitrogens with zero attached hydrogens (tertiary/aromatic N) is 4. The first-order chi connectivity index (χ1) is 10.2. The summed E-state index contributed by atoms with van der Waals surface area (Å²) >= 11 is 0. The molecule has 2 aromatic rings. The Labute approximate surface area is 125 Å². The van der Waals surface area contributed by atoms with Gasteiger partial charge in [0.2, 0.25) is 5.95 Å². The van der Waals surface area contributed by atoms with Gasteiger partial charge in [0.05, 0.1) is 11.6 Å². The minimum absolute atomic E-state index is 0.489. The van der Waals surface area contributed by atoms with E-state index in [1.165, 1.54) is 38.5 Å². The molecule has 2 heterocycles. The number of nitrogens with two attached hydrogens (primary N) is 1. The molecule has 0 saturated heterocycles. The molecular formula is C15H24N6. The smallest absolute Gasteiger partial charge is 0.226 e. The zero-order chi connectivity index (χ0) is 14.7. The molecule has 0 amide bonds. The molecule has 0 spiro atoms. The standard InChI is InChI=1S/C15H24N6/c1-21-14-12(10-18-21)13(16)19-15(20-14)17-9-5-8-11-6-3-2-4-7-11/h10-11H,2-9H2,1H3,(H3,16,17,19,20). The predicted molar refractivity (Wildman–Crippen MR) is 85.0 cm³/mol. The van der Waals surface area contributed by atoms with E-state index in [-0.39, 0.29) is 0 Å². The third-order valence-electron chi connectivity index (χ3n) is 4.42. The molecule has 3 rings (SSSR count). The number of anilines is 2. The van der Waals surface area contributed by atoms with Crippen LogP contribution < -0.4 is 11.1 Å². The van der Waals surface area contributed by atoms with Crippen LogP contribution in [0.2, 0.25) is 0 Å². The van der Waals surface area contributed by atoms with E-state index >= 15 is 0 Å². The number of aryl methyl sites for hydroxylation is 1. The summed E-state index contributed by atoms with van der Waals surface area (Å²) in [7, 11) is 1.86. The van der Waals surface area contributed by atoms with Crippen molar-refractivity contribution in [3.05, 3.63) is 6.20 Å². The number of nitrogens with one attached hydrogen (secondary N) is 1. The summed E-state index contributed by atoms with van der Waals surface area (Å²) in [5.74, 6) is 2.02. The van der Waals surface area contributed by atoms with Crippen LogP contribution >= 0.6 is 0 Å². The summed E-state index contributed by atoms with van der Waals surface area (Å²) in [4.78, 5) is 8.78. The zero-order valence-corrected chi connectivity index (χ0v) is 12.7. The highest BCUT2D eigenvalue weighted by atomic mass is 15.3. The molecule has 6 nitrogen and oxygen atoms in total. The molecule has 1 aliphatic rings. The Morgan fingerprint density at radius 3 is 2.90 bits per heavy atom. The first kappa shape index (κ1) is 14.1. The summed E-state index contributed by atoms with van der Waals surface area (Å²) in [6.45, 7) is 0.902. The van der Waals surface area contributed by atoms with Gasteiger partial charge >= 0.3 is 0 Å². The summed E-state index contributed by atoms with van der Waals surface area (Å²) in [6.07, 6.45) is 11.2. The van der Waals surface area contributed by atoms with E-state index in [0.29, 0.717) is 11.8 Å². The molecule has 21 heavy (non-hydrogen) atoms. The first-order valence-electron chi connectivity index (χ1n) is 7.93. The average Bonchev–Trinajstić information content (AvgIpc) is 2.87. The number of aromatic nitrogens is 4. The third-order valence-corrected chi connectivity index (χ3v) is 4.42. The van der Waals surface area contributed by atoms with Gasteiger partial charge in [0.15, 0.2) is 5.65 Å². The highest BCUT2D eigenvalue weighted by molar-refractivity contribution is 5.86. The van der Waals surface area contributed by atoms with Gasteiger partial charge in [-0.15, -0.1) is 0 Å². The molecule has 0 aliphatic heterocycles. The van der Waals surface area contributed by atoms with Crippen molar-refractivity contribution in [1.29, 1.82) is 0 Å². The first-order valence-corrected chi connectivity index (χ1v) is 7.93. The van der Waals surface area contributed by atoms with Gasteiger partial charge in [0.25, 0.3) is 0 Å². The molecule has 114 valence electrons. The molecule has 1 saturated carbocycles. The Bertz CT molecular complexity index is 599. The van der Waals surface area contributed by atoms with Crippen LogP contribution in [0.1, 0.15) is 44.9 Å². The van der Waals surface area contributed by atoms with Crippen molar-refractivity contribution in [2.75, 3.05) is 17.6 Å². The fourth-order valence-electron chi connectivity index (χ4n) is 3.19. The van der Waals surface area contributed by atoms with Gasteiger partial charge in [-0.3, -0.25) is 4.68 Å². The van der Waals surface area contributed by atoms with Crippen molar-refractivity contribution in [2.24, 2.45) is 13.0 Å². The highest BCUT2D eigenvalue weighted by Gasteiger charge is 2.13. The van der Waals surface area contributed by atoms with Crippen LogP contribution in [0, 0.1) is 5.92 Å². The lowest BCUT2D eigenvalue weighted by Gasteiger charge is -2.21. The Balaban J connectivity index is 1.54. The number of rotatable bonds is 5. The van der Waals surface area contributed by atoms with Crippen molar-refractivity contribution >= 4 is 22.8 Å². The van der Waals surface area contributed by atoms with E-state index in [9.17, 15) is 0 Å². The van der Waals surface area contributed by atoms with Crippen LogP contribution in [-0.4, -0.2) is 26.3 Å². The van der Waals surface area contributed by atoms with E-state index in [0.717, 1.165) is 29.9 Å². The maximum atomic E-state index is 5.95. The fourth-order valence-corrected chi connectivity index (χ4v) is 3.19. The lowest BCUT2D eigenvalue weighted by Crippen LogP contribution is -2.11. The Hall–Kier alpha value is -1.85. The molecule has 1 fully saturated rings. The predicted octanol–water partition coefficient (Wildman–Crippen LogP) is 2.72. The Morgan fingerprint density at radius 2 is 2.10 bits per heavy atom. The second-order valence-electron chi connectivity index (χ2n) is 6.01. The van der Waals surface area contributed by atoms with Crippen LogP contribution in [-0.2, 0) is 7.05 Å². The topological polar surface area (TPSA) is 81.7 Å². The summed E-state index contributed by atoms with van der Waals surface area (Å²) in [5.41, 5.74) is 6.72. The summed E-state index contributed by atoms with van der Waals surface area (Å²) < 4.78 is 1.72.